The molecule has 23 heavy (non-hydrogen) atoms. The molecule has 0 radical (unpaired) electrons. The predicted octanol–water partition coefficient (Wildman–Crippen LogP) is 3.12. The number of fused-ring (bicyclic) bond motifs is 1. The van der Waals surface area contributed by atoms with E-state index in [2.05, 4.69) is 15.3 Å². The third-order valence-corrected chi connectivity index (χ3v) is 3.77. The van der Waals surface area contributed by atoms with Gasteiger partial charge in [0.15, 0.2) is 11.3 Å². The quantitative estimate of drug-likeness (QED) is 0.728. The minimum atomic E-state index is -0.328. The van der Waals surface area contributed by atoms with Crippen molar-refractivity contribution in [3.63, 3.8) is 0 Å². The van der Waals surface area contributed by atoms with Crippen LogP contribution in [-0.2, 0) is 0 Å². The molecule has 6 nitrogen and oxygen atoms in total. The number of rotatable bonds is 3. The van der Waals surface area contributed by atoms with E-state index in [1.165, 1.54) is 0 Å². The highest BCUT2D eigenvalue weighted by atomic mass is 16.3. The van der Waals surface area contributed by atoms with Gasteiger partial charge in [-0.05, 0) is 36.1 Å². The first-order valence-electron chi connectivity index (χ1n) is 7.40. The fourth-order valence-electron chi connectivity index (χ4n) is 2.50. The van der Waals surface area contributed by atoms with Crippen LogP contribution in [0.3, 0.4) is 0 Å². The average Bonchev–Trinajstić information content (AvgIpc) is 2.97. The normalized spacial score (nSPS) is 11.1. The highest BCUT2D eigenvalue weighted by Crippen LogP contribution is 2.31. The molecule has 3 rings (SSSR count). The second-order valence-corrected chi connectivity index (χ2v) is 5.77. The smallest absolute Gasteiger partial charge is 0.278 e. The van der Waals surface area contributed by atoms with Crippen LogP contribution in [0.15, 0.2) is 36.9 Å². The van der Waals surface area contributed by atoms with Crippen LogP contribution in [0.2, 0.25) is 0 Å². The minimum Gasteiger partial charge on any atom is -0.508 e. The first kappa shape index (κ1) is 15.0. The molecule has 0 bridgehead atoms. The van der Waals surface area contributed by atoms with Crippen LogP contribution in [0, 0.1) is 6.92 Å². The molecule has 2 heterocycles. The van der Waals surface area contributed by atoms with Gasteiger partial charge in [0.1, 0.15) is 5.75 Å². The topological polar surface area (TPSA) is 79.5 Å². The molecule has 0 spiro atoms. The van der Waals surface area contributed by atoms with Gasteiger partial charge in [0.2, 0.25) is 0 Å². The van der Waals surface area contributed by atoms with E-state index in [0.717, 1.165) is 11.1 Å². The number of phenols is 1. The zero-order valence-corrected chi connectivity index (χ0v) is 13.2. The number of nitrogens with one attached hydrogen (secondary N) is 1. The second kappa shape index (κ2) is 5.72. The van der Waals surface area contributed by atoms with E-state index in [1.54, 1.807) is 41.3 Å². The van der Waals surface area contributed by atoms with Gasteiger partial charge in [-0.2, -0.15) is 0 Å². The number of hydrogen-bond donors (Lipinski definition) is 2. The van der Waals surface area contributed by atoms with Crippen molar-refractivity contribution in [2.24, 2.45) is 0 Å². The van der Waals surface area contributed by atoms with E-state index in [-0.39, 0.29) is 23.3 Å². The number of hydrogen-bond acceptors (Lipinski definition) is 4. The second-order valence-electron chi connectivity index (χ2n) is 5.77. The molecule has 0 fully saturated rings. The number of phenolic OH excluding ortho intramolecular Hbond substituents is 1. The molecule has 118 valence electrons. The minimum absolute atomic E-state index is 0.153. The molecule has 0 unspecified atom stereocenters. The summed E-state index contributed by atoms with van der Waals surface area (Å²) >= 11 is 0. The van der Waals surface area contributed by atoms with E-state index < -0.39 is 0 Å². The van der Waals surface area contributed by atoms with Gasteiger partial charge in [-0.15, -0.1) is 0 Å². The lowest BCUT2D eigenvalue weighted by atomic mass is 9.99. The SMILES string of the molecule is Cc1cc(O)c(C(C)C)cc1NC(=O)c1nccn2ccnc12. The number of aryl methyl sites for hydroxylation is 1. The van der Waals surface area contributed by atoms with E-state index in [4.69, 9.17) is 0 Å². The van der Waals surface area contributed by atoms with Crippen molar-refractivity contribution in [2.75, 3.05) is 5.32 Å². The Hall–Kier alpha value is -2.89. The molecule has 0 aliphatic carbocycles. The lowest BCUT2D eigenvalue weighted by molar-refractivity contribution is 0.102. The molecule has 2 N–H and O–H groups in total. The molecule has 1 amide bonds. The standard InChI is InChI=1S/C17H18N4O2/c1-10(2)12-9-13(11(3)8-14(12)22)20-17(23)15-16-19-5-7-21(16)6-4-18-15/h4-10,22H,1-3H3,(H,20,23). The van der Waals surface area contributed by atoms with E-state index in [9.17, 15) is 9.90 Å². The largest absolute Gasteiger partial charge is 0.508 e. The van der Waals surface area contributed by atoms with Crippen LogP contribution in [0.5, 0.6) is 5.75 Å². The number of amides is 1. The van der Waals surface area contributed by atoms with Gasteiger partial charge >= 0.3 is 0 Å². The number of aromatic nitrogens is 3. The van der Waals surface area contributed by atoms with E-state index in [0.29, 0.717) is 11.3 Å². The number of aromatic hydroxyl groups is 1. The number of anilines is 1. The monoisotopic (exact) mass is 310 g/mol. The molecule has 0 saturated heterocycles. The molecule has 0 atom stereocenters. The van der Waals surface area contributed by atoms with Gasteiger partial charge in [-0.3, -0.25) is 4.79 Å². The fraction of sp³-hybridized carbons (Fsp3) is 0.235. The van der Waals surface area contributed by atoms with Gasteiger partial charge < -0.3 is 14.8 Å². The van der Waals surface area contributed by atoms with Crippen molar-refractivity contribution in [1.82, 2.24) is 14.4 Å². The molecular weight excluding hydrogens is 292 g/mol. The summed E-state index contributed by atoms with van der Waals surface area (Å²) in [4.78, 5) is 20.9. The molecule has 2 aromatic heterocycles. The van der Waals surface area contributed by atoms with Gasteiger partial charge in [0.05, 0.1) is 0 Å². The van der Waals surface area contributed by atoms with Crippen molar-refractivity contribution in [1.29, 1.82) is 0 Å². The molecular formula is C17H18N4O2. The fourth-order valence-corrected chi connectivity index (χ4v) is 2.50. The zero-order chi connectivity index (χ0) is 16.6. The first-order valence-corrected chi connectivity index (χ1v) is 7.40. The van der Waals surface area contributed by atoms with Gasteiger partial charge in [-0.25, -0.2) is 9.97 Å². The number of carbonyl (C=O) groups excluding carboxylic acids is 1. The van der Waals surface area contributed by atoms with Crippen LogP contribution in [-0.4, -0.2) is 25.4 Å². The lowest BCUT2D eigenvalue weighted by Gasteiger charge is -2.14. The summed E-state index contributed by atoms with van der Waals surface area (Å²) in [6.45, 7) is 5.81. The third-order valence-electron chi connectivity index (χ3n) is 3.77. The van der Waals surface area contributed by atoms with Crippen molar-refractivity contribution in [2.45, 2.75) is 26.7 Å². The number of carbonyl (C=O) groups is 1. The summed E-state index contributed by atoms with van der Waals surface area (Å²) in [6, 6.07) is 3.47. The Morgan fingerprint density at radius 3 is 2.61 bits per heavy atom. The van der Waals surface area contributed by atoms with E-state index in [1.807, 2.05) is 20.8 Å². The summed E-state index contributed by atoms with van der Waals surface area (Å²) in [5.74, 6) is 0.0642. The van der Waals surface area contributed by atoms with E-state index >= 15 is 0 Å². The van der Waals surface area contributed by atoms with Gasteiger partial charge in [0.25, 0.3) is 5.91 Å². The Morgan fingerprint density at radius 1 is 1.22 bits per heavy atom. The summed E-state index contributed by atoms with van der Waals surface area (Å²) < 4.78 is 1.74. The molecule has 3 aromatic rings. The van der Waals surface area contributed by atoms with Crippen LogP contribution in [0.4, 0.5) is 5.69 Å². The van der Waals surface area contributed by atoms with Crippen molar-refractivity contribution < 1.29 is 9.90 Å². The average molecular weight is 310 g/mol. The molecule has 0 aliphatic heterocycles. The zero-order valence-electron chi connectivity index (χ0n) is 13.2. The van der Waals surface area contributed by atoms with Crippen LogP contribution < -0.4 is 5.32 Å². The molecule has 1 aromatic carbocycles. The highest BCUT2D eigenvalue weighted by Gasteiger charge is 2.16. The number of benzene rings is 1. The Labute approximate surface area is 133 Å². The summed E-state index contributed by atoms with van der Waals surface area (Å²) in [5, 5.41) is 12.9. The maximum atomic E-state index is 12.6. The Bertz CT molecular complexity index is 883. The number of imidazole rings is 1. The maximum absolute atomic E-state index is 12.6. The summed E-state index contributed by atoms with van der Waals surface area (Å²) in [7, 11) is 0. The molecule has 6 heteroatoms. The molecule has 0 aliphatic rings. The first-order chi connectivity index (χ1) is 11.0. The Kier molecular flexibility index (Phi) is 3.73. The predicted molar refractivity (Wildman–Crippen MR) is 87.9 cm³/mol. The maximum Gasteiger partial charge on any atom is 0.278 e. The Balaban J connectivity index is 1.97. The third kappa shape index (κ3) is 2.75. The molecule has 0 saturated carbocycles. The summed E-state index contributed by atoms with van der Waals surface area (Å²) in [6.07, 6.45) is 6.68. The Morgan fingerprint density at radius 2 is 1.91 bits per heavy atom. The summed E-state index contributed by atoms with van der Waals surface area (Å²) in [5.41, 5.74) is 3.00. The van der Waals surface area contributed by atoms with Gasteiger partial charge in [-0.1, -0.05) is 13.8 Å². The van der Waals surface area contributed by atoms with Crippen LogP contribution in [0.1, 0.15) is 41.4 Å². The van der Waals surface area contributed by atoms with Gasteiger partial charge in [0, 0.05) is 30.5 Å². The number of nitrogens with zero attached hydrogens (tertiary/aromatic N) is 3. The highest BCUT2D eigenvalue weighted by molar-refractivity contribution is 6.07. The van der Waals surface area contributed by atoms with Crippen molar-refractivity contribution in [3.05, 3.63) is 53.7 Å². The van der Waals surface area contributed by atoms with Crippen molar-refractivity contribution >= 4 is 17.2 Å². The van der Waals surface area contributed by atoms with Crippen LogP contribution >= 0.6 is 0 Å². The van der Waals surface area contributed by atoms with Crippen molar-refractivity contribution in [3.8, 4) is 5.75 Å². The van der Waals surface area contributed by atoms with Crippen LogP contribution in [0.25, 0.3) is 5.65 Å². The lowest BCUT2D eigenvalue weighted by Crippen LogP contribution is -2.16.